The smallest absolute Gasteiger partial charge is 0.137 e. The van der Waals surface area contributed by atoms with Crippen molar-refractivity contribution in [2.24, 2.45) is 0 Å². The van der Waals surface area contributed by atoms with E-state index in [0.29, 0.717) is 4.47 Å². The lowest BCUT2D eigenvalue weighted by Crippen LogP contribution is -2.27. The molecule has 2 atom stereocenters. The second-order valence-electron chi connectivity index (χ2n) is 4.71. The number of nitrogens with one attached hydrogen (secondary N) is 1. The molecule has 2 rings (SSSR count). The van der Waals surface area contributed by atoms with Gasteiger partial charge in [-0.2, -0.15) is 0 Å². The molecule has 0 aromatic heterocycles. The SMILES string of the molecule is CC(N[C@@H](CO)c1ccccc1)c1ccc(F)c(Br)c1. The van der Waals surface area contributed by atoms with E-state index in [9.17, 15) is 9.50 Å². The Hall–Kier alpha value is -1.23. The van der Waals surface area contributed by atoms with Crippen LogP contribution in [0.2, 0.25) is 0 Å². The van der Waals surface area contributed by atoms with Crippen molar-refractivity contribution in [3.05, 3.63) is 69.9 Å². The van der Waals surface area contributed by atoms with E-state index in [0.717, 1.165) is 11.1 Å². The number of aliphatic hydroxyl groups is 1. The van der Waals surface area contributed by atoms with Gasteiger partial charge in [0.1, 0.15) is 5.82 Å². The molecule has 4 heteroatoms. The first-order valence-corrected chi connectivity index (χ1v) is 7.28. The molecule has 0 bridgehead atoms. The highest BCUT2D eigenvalue weighted by molar-refractivity contribution is 9.10. The predicted octanol–water partition coefficient (Wildman–Crippen LogP) is 3.97. The van der Waals surface area contributed by atoms with Crippen molar-refractivity contribution in [1.29, 1.82) is 0 Å². The number of hydrogen-bond acceptors (Lipinski definition) is 2. The van der Waals surface area contributed by atoms with Gasteiger partial charge in [-0.1, -0.05) is 36.4 Å². The highest BCUT2D eigenvalue weighted by Crippen LogP contribution is 2.23. The van der Waals surface area contributed by atoms with Crippen molar-refractivity contribution < 1.29 is 9.50 Å². The minimum Gasteiger partial charge on any atom is -0.394 e. The van der Waals surface area contributed by atoms with E-state index in [4.69, 9.17) is 0 Å². The van der Waals surface area contributed by atoms with Crippen molar-refractivity contribution in [3.63, 3.8) is 0 Å². The summed E-state index contributed by atoms with van der Waals surface area (Å²) in [6.07, 6.45) is 0. The first kappa shape index (κ1) is 15.2. The molecular weight excluding hydrogens is 321 g/mol. The van der Waals surface area contributed by atoms with Crippen LogP contribution in [0.15, 0.2) is 53.0 Å². The first-order chi connectivity index (χ1) is 9.61. The van der Waals surface area contributed by atoms with E-state index in [1.807, 2.05) is 37.3 Å². The van der Waals surface area contributed by atoms with Crippen LogP contribution in [0.3, 0.4) is 0 Å². The van der Waals surface area contributed by atoms with Gasteiger partial charge in [0.05, 0.1) is 17.1 Å². The van der Waals surface area contributed by atoms with Crippen LogP contribution in [0, 0.1) is 5.82 Å². The average molecular weight is 338 g/mol. The van der Waals surface area contributed by atoms with Crippen LogP contribution in [0.1, 0.15) is 30.1 Å². The molecule has 0 saturated carbocycles. The van der Waals surface area contributed by atoms with Gasteiger partial charge in [0.15, 0.2) is 0 Å². The fraction of sp³-hybridized carbons (Fsp3) is 0.250. The predicted molar refractivity (Wildman–Crippen MR) is 81.9 cm³/mol. The molecule has 2 aromatic carbocycles. The molecule has 0 aliphatic heterocycles. The molecule has 0 aliphatic rings. The van der Waals surface area contributed by atoms with E-state index in [2.05, 4.69) is 21.2 Å². The molecule has 1 unspecified atom stereocenters. The summed E-state index contributed by atoms with van der Waals surface area (Å²) >= 11 is 3.19. The minimum atomic E-state index is -0.275. The van der Waals surface area contributed by atoms with Gasteiger partial charge < -0.3 is 10.4 Å². The lowest BCUT2D eigenvalue weighted by Gasteiger charge is -2.22. The van der Waals surface area contributed by atoms with Gasteiger partial charge in [0, 0.05) is 6.04 Å². The second-order valence-corrected chi connectivity index (χ2v) is 5.56. The van der Waals surface area contributed by atoms with E-state index in [-0.39, 0.29) is 24.5 Å². The van der Waals surface area contributed by atoms with Gasteiger partial charge in [-0.25, -0.2) is 4.39 Å². The molecular formula is C16H17BrFNO. The third-order valence-corrected chi connectivity index (χ3v) is 3.89. The van der Waals surface area contributed by atoms with E-state index >= 15 is 0 Å². The maximum Gasteiger partial charge on any atom is 0.137 e. The molecule has 0 spiro atoms. The van der Waals surface area contributed by atoms with Crippen LogP contribution in [-0.4, -0.2) is 11.7 Å². The zero-order chi connectivity index (χ0) is 14.5. The third kappa shape index (κ3) is 3.66. The molecule has 0 heterocycles. The lowest BCUT2D eigenvalue weighted by atomic mass is 10.0. The van der Waals surface area contributed by atoms with E-state index in [1.54, 1.807) is 12.1 Å². The monoisotopic (exact) mass is 337 g/mol. The summed E-state index contributed by atoms with van der Waals surface area (Å²) in [5.74, 6) is -0.275. The molecule has 0 amide bonds. The lowest BCUT2D eigenvalue weighted by molar-refractivity contribution is 0.235. The summed E-state index contributed by atoms with van der Waals surface area (Å²) in [6, 6.07) is 14.6. The van der Waals surface area contributed by atoms with Crippen molar-refractivity contribution in [1.82, 2.24) is 5.32 Å². The highest BCUT2D eigenvalue weighted by Gasteiger charge is 2.15. The van der Waals surface area contributed by atoms with Gasteiger partial charge in [-0.3, -0.25) is 0 Å². The van der Waals surface area contributed by atoms with Crippen molar-refractivity contribution >= 4 is 15.9 Å². The Balaban J connectivity index is 2.13. The van der Waals surface area contributed by atoms with Gasteiger partial charge in [0.2, 0.25) is 0 Å². The maximum atomic E-state index is 13.2. The van der Waals surface area contributed by atoms with Gasteiger partial charge in [-0.05, 0) is 46.1 Å². The summed E-state index contributed by atoms with van der Waals surface area (Å²) in [4.78, 5) is 0. The molecule has 2 nitrogen and oxygen atoms in total. The number of halogens is 2. The Labute approximate surface area is 126 Å². The number of aliphatic hydroxyl groups excluding tert-OH is 1. The Morgan fingerprint density at radius 1 is 1.15 bits per heavy atom. The normalized spacial score (nSPS) is 14.0. The average Bonchev–Trinajstić information content (AvgIpc) is 2.48. The van der Waals surface area contributed by atoms with Gasteiger partial charge in [-0.15, -0.1) is 0 Å². The Bertz CT molecular complexity index is 562. The number of rotatable bonds is 5. The molecule has 0 radical (unpaired) electrons. The summed E-state index contributed by atoms with van der Waals surface area (Å²) in [5.41, 5.74) is 2.00. The fourth-order valence-corrected chi connectivity index (χ4v) is 2.52. The van der Waals surface area contributed by atoms with Crippen LogP contribution in [0.4, 0.5) is 4.39 Å². The van der Waals surface area contributed by atoms with Crippen LogP contribution < -0.4 is 5.32 Å². The number of hydrogen-bond donors (Lipinski definition) is 2. The quantitative estimate of drug-likeness (QED) is 0.865. The summed E-state index contributed by atoms with van der Waals surface area (Å²) in [7, 11) is 0. The van der Waals surface area contributed by atoms with Crippen molar-refractivity contribution in [3.8, 4) is 0 Å². The van der Waals surface area contributed by atoms with Crippen molar-refractivity contribution in [2.45, 2.75) is 19.0 Å². The Morgan fingerprint density at radius 2 is 1.85 bits per heavy atom. The van der Waals surface area contributed by atoms with Crippen LogP contribution in [0.5, 0.6) is 0 Å². The van der Waals surface area contributed by atoms with Crippen LogP contribution in [-0.2, 0) is 0 Å². The summed E-state index contributed by atoms with van der Waals surface area (Å²) in [5, 5.41) is 12.9. The fourth-order valence-electron chi connectivity index (χ4n) is 2.12. The van der Waals surface area contributed by atoms with Crippen LogP contribution in [0.25, 0.3) is 0 Å². The molecule has 106 valence electrons. The Kier molecular flexibility index (Phi) is 5.29. The summed E-state index contributed by atoms with van der Waals surface area (Å²) in [6.45, 7) is 2.00. The molecule has 2 aromatic rings. The minimum absolute atomic E-state index is 0.00394. The maximum absolute atomic E-state index is 13.2. The van der Waals surface area contributed by atoms with Gasteiger partial charge >= 0.3 is 0 Å². The van der Waals surface area contributed by atoms with E-state index in [1.165, 1.54) is 6.07 Å². The third-order valence-electron chi connectivity index (χ3n) is 3.28. The zero-order valence-electron chi connectivity index (χ0n) is 11.2. The van der Waals surface area contributed by atoms with Gasteiger partial charge in [0.25, 0.3) is 0 Å². The molecule has 2 N–H and O–H groups in total. The highest BCUT2D eigenvalue weighted by atomic mass is 79.9. The Morgan fingerprint density at radius 3 is 2.45 bits per heavy atom. The second kappa shape index (κ2) is 6.97. The molecule has 0 fully saturated rings. The molecule has 0 aliphatic carbocycles. The van der Waals surface area contributed by atoms with E-state index < -0.39 is 0 Å². The molecule has 20 heavy (non-hydrogen) atoms. The first-order valence-electron chi connectivity index (χ1n) is 6.48. The topological polar surface area (TPSA) is 32.3 Å². The summed E-state index contributed by atoms with van der Waals surface area (Å²) < 4.78 is 13.7. The standard InChI is InChI=1S/C16H17BrFNO/c1-11(13-7-8-15(18)14(17)9-13)19-16(10-20)12-5-3-2-4-6-12/h2-9,11,16,19-20H,10H2,1H3/t11?,16-/m0/s1. The number of benzene rings is 2. The zero-order valence-corrected chi connectivity index (χ0v) is 12.8. The van der Waals surface area contributed by atoms with Crippen LogP contribution >= 0.6 is 15.9 Å². The van der Waals surface area contributed by atoms with Crippen molar-refractivity contribution in [2.75, 3.05) is 6.61 Å². The largest absolute Gasteiger partial charge is 0.394 e. The molecule has 0 saturated heterocycles.